The number of benzene rings is 1. The SMILES string of the molecule is COCc1cnc2n1CCN(Cc1ccc(OC)cc1)[C@H]2C. The van der Waals surface area contributed by atoms with Crippen LogP contribution in [0, 0.1) is 0 Å². The second-order valence-corrected chi connectivity index (χ2v) is 5.69. The van der Waals surface area contributed by atoms with E-state index in [0.717, 1.165) is 36.9 Å². The number of nitrogens with zero attached hydrogens (tertiary/aromatic N) is 3. The molecule has 1 atom stereocenters. The average molecular weight is 301 g/mol. The molecule has 2 aromatic rings. The molecule has 1 aliphatic heterocycles. The summed E-state index contributed by atoms with van der Waals surface area (Å²) >= 11 is 0. The monoisotopic (exact) mass is 301 g/mol. The first-order valence-corrected chi connectivity index (χ1v) is 7.63. The summed E-state index contributed by atoms with van der Waals surface area (Å²) in [6.45, 7) is 5.76. The first-order valence-electron chi connectivity index (χ1n) is 7.63. The third-order valence-electron chi connectivity index (χ3n) is 4.34. The number of fused-ring (bicyclic) bond motifs is 1. The predicted octanol–water partition coefficient (Wildman–Crippen LogP) is 2.61. The van der Waals surface area contributed by atoms with Gasteiger partial charge in [0.25, 0.3) is 0 Å². The van der Waals surface area contributed by atoms with Gasteiger partial charge in [-0.3, -0.25) is 4.90 Å². The zero-order valence-corrected chi connectivity index (χ0v) is 13.5. The molecular formula is C17H23N3O2. The highest BCUT2D eigenvalue weighted by Crippen LogP contribution is 2.27. The Kier molecular flexibility index (Phi) is 4.45. The zero-order chi connectivity index (χ0) is 15.5. The zero-order valence-electron chi connectivity index (χ0n) is 13.5. The fourth-order valence-electron chi connectivity index (χ4n) is 3.05. The van der Waals surface area contributed by atoms with Crippen LogP contribution in [0.25, 0.3) is 0 Å². The van der Waals surface area contributed by atoms with Gasteiger partial charge in [0.05, 0.1) is 31.6 Å². The summed E-state index contributed by atoms with van der Waals surface area (Å²) in [7, 11) is 3.42. The number of rotatable bonds is 5. The fraction of sp³-hybridized carbons (Fsp3) is 0.471. The van der Waals surface area contributed by atoms with Crippen molar-refractivity contribution in [3.05, 3.63) is 47.5 Å². The third kappa shape index (κ3) is 2.87. The minimum Gasteiger partial charge on any atom is -0.497 e. The summed E-state index contributed by atoms with van der Waals surface area (Å²) in [5, 5.41) is 0. The standard InChI is InChI=1S/C17H23N3O2/c1-13-17-18-10-15(12-21-2)20(17)9-8-19(13)11-14-4-6-16(22-3)7-5-14/h4-7,10,13H,8-9,11-12H2,1-3H3/t13-/m0/s1. The van der Waals surface area contributed by atoms with Crippen LogP contribution in [0.1, 0.15) is 30.0 Å². The van der Waals surface area contributed by atoms with E-state index in [1.165, 1.54) is 5.56 Å². The van der Waals surface area contributed by atoms with Crippen LogP contribution in [0.5, 0.6) is 5.75 Å². The van der Waals surface area contributed by atoms with Gasteiger partial charge in [0.1, 0.15) is 11.6 Å². The number of hydrogen-bond donors (Lipinski definition) is 0. The highest BCUT2D eigenvalue weighted by Gasteiger charge is 2.26. The van der Waals surface area contributed by atoms with E-state index < -0.39 is 0 Å². The van der Waals surface area contributed by atoms with E-state index >= 15 is 0 Å². The van der Waals surface area contributed by atoms with Gasteiger partial charge in [-0.05, 0) is 24.6 Å². The lowest BCUT2D eigenvalue weighted by molar-refractivity contribution is 0.143. The van der Waals surface area contributed by atoms with Crippen molar-refractivity contribution in [1.29, 1.82) is 0 Å². The van der Waals surface area contributed by atoms with Crippen LogP contribution in [0.4, 0.5) is 0 Å². The van der Waals surface area contributed by atoms with Crippen LogP contribution in [0.15, 0.2) is 30.5 Å². The third-order valence-corrected chi connectivity index (χ3v) is 4.34. The molecular weight excluding hydrogens is 278 g/mol. The lowest BCUT2D eigenvalue weighted by Crippen LogP contribution is -2.37. The number of hydrogen-bond acceptors (Lipinski definition) is 4. The Bertz CT molecular complexity index is 621. The minimum absolute atomic E-state index is 0.307. The molecule has 0 amide bonds. The molecule has 0 unspecified atom stereocenters. The molecule has 1 aliphatic rings. The second kappa shape index (κ2) is 6.50. The van der Waals surface area contributed by atoms with Crippen molar-refractivity contribution < 1.29 is 9.47 Å². The van der Waals surface area contributed by atoms with E-state index in [-0.39, 0.29) is 0 Å². The summed E-state index contributed by atoms with van der Waals surface area (Å²) in [5.74, 6) is 2.03. The molecule has 1 aromatic heterocycles. The molecule has 3 rings (SSSR count). The summed E-state index contributed by atoms with van der Waals surface area (Å²) in [6.07, 6.45) is 1.94. The van der Waals surface area contributed by atoms with Crippen molar-refractivity contribution in [3.8, 4) is 5.75 Å². The normalized spacial score (nSPS) is 18.2. The molecule has 2 heterocycles. The summed E-state index contributed by atoms with van der Waals surface area (Å²) in [6, 6.07) is 8.59. The molecule has 0 radical (unpaired) electrons. The van der Waals surface area contributed by atoms with Gasteiger partial charge in [-0.1, -0.05) is 12.1 Å². The van der Waals surface area contributed by atoms with Crippen LogP contribution >= 0.6 is 0 Å². The molecule has 118 valence electrons. The Balaban J connectivity index is 1.73. The molecule has 0 N–H and O–H groups in total. The van der Waals surface area contributed by atoms with Crippen LogP contribution < -0.4 is 4.74 Å². The molecule has 1 aromatic carbocycles. The largest absolute Gasteiger partial charge is 0.497 e. The van der Waals surface area contributed by atoms with E-state index in [0.29, 0.717) is 12.6 Å². The highest BCUT2D eigenvalue weighted by atomic mass is 16.5. The molecule has 5 nitrogen and oxygen atoms in total. The maximum absolute atomic E-state index is 5.25. The van der Waals surface area contributed by atoms with Crippen LogP contribution in [0.3, 0.4) is 0 Å². The van der Waals surface area contributed by atoms with Crippen molar-refractivity contribution in [1.82, 2.24) is 14.5 Å². The van der Waals surface area contributed by atoms with Gasteiger partial charge < -0.3 is 14.0 Å². The van der Waals surface area contributed by atoms with Crippen molar-refractivity contribution in [2.45, 2.75) is 32.7 Å². The molecule has 5 heteroatoms. The van der Waals surface area contributed by atoms with Crippen LogP contribution in [-0.2, 0) is 24.4 Å². The van der Waals surface area contributed by atoms with Crippen LogP contribution in [-0.4, -0.2) is 35.2 Å². The molecule has 0 fully saturated rings. The topological polar surface area (TPSA) is 39.5 Å². The maximum atomic E-state index is 5.25. The molecule has 22 heavy (non-hydrogen) atoms. The summed E-state index contributed by atoms with van der Waals surface area (Å²) in [4.78, 5) is 7.06. The van der Waals surface area contributed by atoms with E-state index in [1.807, 2.05) is 18.3 Å². The predicted molar refractivity (Wildman–Crippen MR) is 84.8 cm³/mol. The summed E-state index contributed by atoms with van der Waals surface area (Å²) < 4.78 is 12.7. The number of ether oxygens (including phenoxy) is 2. The average Bonchev–Trinajstić information content (AvgIpc) is 2.95. The van der Waals surface area contributed by atoms with Gasteiger partial charge in [0, 0.05) is 26.7 Å². The van der Waals surface area contributed by atoms with Crippen molar-refractivity contribution in [2.24, 2.45) is 0 Å². The Hall–Kier alpha value is -1.85. The van der Waals surface area contributed by atoms with Gasteiger partial charge in [0.15, 0.2) is 0 Å². The lowest BCUT2D eigenvalue weighted by Gasteiger charge is -2.34. The van der Waals surface area contributed by atoms with E-state index in [9.17, 15) is 0 Å². The smallest absolute Gasteiger partial charge is 0.126 e. The van der Waals surface area contributed by atoms with Crippen LogP contribution in [0.2, 0.25) is 0 Å². The molecule has 0 spiro atoms. The van der Waals surface area contributed by atoms with Gasteiger partial charge >= 0.3 is 0 Å². The van der Waals surface area contributed by atoms with E-state index in [1.54, 1.807) is 14.2 Å². The summed E-state index contributed by atoms with van der Waals surface area (Å²) in [5.41, 5.74) is 2.46. The first-order chi connectivity index (χ1) is 10.7. The van der Waals surface area contributed by atoms with E-state index in [4.69, 9.17) is 9.47 Å². The quantitative estimate of drug-likeness (QED) is 0.851. The minimum atomic E-state index is 0.307. The second-order valence-electron chi connectivity index (χ2n) is 5.69. The number of imidazole rings is 1. The number of aromatic nitrogens is 2. The first kappa shape index (κ1) is 15.1. The highest BCUT2D eigenvalue weighted by molar-refractivity contribution is 5.27. The number of methoxy groups -OCH3 is 2. The molecule has 0 saturated carbocycles. The van der Waals surface area contributed by atoms with Gasteiger partial charge in [-0.25, -0.2) is 4.98 Å². The molecule has 0 aliphatic carbocycles. The fourth-order valence-corrected chi connectivity index (χ4v) is 3.05. The van der Waals surface area contributed by atoms with Crippen molar-refractivity contribution in [2.75, 3.05) is 20.8 Å². The lowest BCUT2D eigenvalue weighted by atomic mass is 10.1. The van der Waals surface area contributed by atoms with Gasteiger partial charge in [-0.2, -0.15) is 0 Å². The van der Waals surface area contributed by atoms with Gasteiger partial charge in [-0.15, -0.1) is 0 Å². The Morgan fingerprint density at radius 1 is 1.18 bits per heavy atom. The van der Waals surface area contributed by atoms with Crippen molar-refractivity contribution >= 4 is 0 Å². The van der Waals surface area contributed by atoms with E-state index in [2.05, 4.69) is 33.5 Å². The Labute approximate surface area is 131 Å². The van der Waals surface area contributed by atoms with Gasteiger partial charge in [0.2, 0.25) is 0 Å². The Morgan fingerprint density at radius 2 is 1.95 bits per heavy atom. The Morgan fingerprint density at radius 3 is 2.64 bits per heavy atom. The maximum Gasteiger partial charge on any atom is 0.126 e. The van der Waals surface area contributed by atoms with Crippen molar-refractivity contribution in [3.63, 3.8) is 0 Å². The molecule has 0 bridgehead atoms. The molecule has 0 saturated heterocycles.